The molecule has 4 amide bonds. The number of hydrogen-bond acceptors (Lipinski definition) is 5. The molecule has 0 radical (unpaired) electrons. The zero-order valence-corrected chi connectivity index (χ0v) is 20.5. The number of amides is 4. The zero-order chi connectivity index (χ0) is 24.5. The van der Waals surface area contributed by atoms with Crippen LogP contribution in [0.25, 0.3) is 0 Å². The predicted molar refractivity (Wildman–Crippen MR) is 131 cm³/mol. The van der Waals surface area contributed by atoms with E-state index in [9.17, 15) is 14.4 Å². The molecule has 0 spiro atoms. The molecule has 2 aromatic carbocycles. The quantitative estimate of drug-likeness (QED) is 0.587. The second kappa shape index (κ2) is 9.72. The number of rotatable bonds is 6. The minimum Gasteiger partial charge on any atom is -0.496 e. The molecule has 2 aliphatic heterocycles. The molecule has 34 heavy (non-hydrogen) atoms. The van der Waals surface area contributed by atoms with Gasteiger partial charge in [-0.3, -0.25) is 14.9 Å². The van der Waals surface area contributed by atoms with Gasteiger partial charge in [0.1, 0.15) is 5.75 Å². The lowest BCUT2D eigenvalue weighted by Gasteiger charge is -2.37. The molecule has 2 fully saturated rings. The summed E-state index contributed by atoms with van der Waals surface area (Å²) in [4.78, 5) is 42.1. The van der Waals surface area contributed by atoms with E-state index < -0.39 is 17.5 Å². The Morgan fingerprint density at radius 2 is 1.74 bits per heavy atom. The third kappa shape index (κ3) is 4.65. The lowest BCUT2D eigenvalue weighted by atomic mass is 9.84. The summed E-state index contributed by atoms with van der Waals surface area (Å²) >= 11 is 12.3. The number of imide groups is 1. The van der Waals surface area contributed by atoms with Crippen LogP contribution in [0, 0.1) is 6.92 Å². The van der Waals surface area contributed by atoms with Crippen molar-refractivity contribution in [1.29, 1.82) is 0 Å². The van der Waals surface area contributed by atoms with E-state index in [0.29, 0.717) is 47.5 Å². The minimum absolute atomic E-state index is 0.0690. The van der Waals surface area contributed by atoms with Crippen molar-refractivity contribution in [3.05, 3.63) is 57.6 Å². The fourth-order valence-corrected chi connectivity index (χ4v) is 4.92. The second-order valence-electron chi connectivity index (χ2n) is 8.46. The number of aryl methyl sites for hydroxylation is 1. The first kappa shape index (κ1) is 24.2. The molecule has 2 heterocycles. The van der Waals surface area contributed by atoms with Gasteiger partial charge in [-0.05, 0) is 49.2 Å². The normalized spacial score (nSPS) is 20.2. The molecule has 0 bridgehead atoms. The van der Waals surface area contributed by atoms with E-state index in [1.807, 2.05) is 25.1 Å². The Kier molecular flexibility index (Phi) is 6.91. The van der Waals surface area contributed by atoms with Crippen molar-refractivity contribution in [2.24, 2.45) is 0 Å². The number of nitrogens with one attached hydrogen (secondary N) is 2. The monoisotopic (exact) mass is 504 g/mol. The number of carbonyl (C=O) groups is 3. The molecule has 0 aliphatic carbocycles. The number of benzene rings is 2. The standard InChI is InChI=1S/C24H26Cl2N4O4/c1-15-3-4-17(26)14-19(15)29-9-11-30(12-10-29)21(31)7-8-24(22(32)27-23(33)28-24)18-13-16(25)5-6-20(18)34-2/h3-6,13-14H,7-12H2,1-2H3,(H2,27,28,32,33). The molecule has 180 valence electrons. The number of anilines is 1. The predicted octanol–water partition coefficient (Wildman–Crippen LogP) is 3.47. The van der Waals surface area contributed by atoms with Crippen LogP contribution in [0.1, 0.15) is 24.0 Å². The van der Waals surface area contributed by atoms with E-state index >= 15 is 0 Å². The van der Waals surface area contributed by atoms with Gasteiger partial charge in [-0.25, -0.2) is 4.79 Å². The number of urea groups is 1. The van der Waals surface area contributed by atoms with Crippen molar-refractivity contribution in [2.75, 3.05) is 38.2 Å². The molecular weight excluding hydrogens is 479 g/mol. The third-order valence-electron chi connectivity index (χ3n) is 6.42. The summed E-state index contributed by atoms with van der Waals surface area (Å²) in [6.07, 6.45) is 0.146. The smallest absolute Gasteiger partial charge is 0.322 e. The van der Waals surface area contributed by atoms with Crippen molar-refractivity contribution in [2.45, 2.75) is 25.3 Å². The molecule has 10 heteroatoms. The maximum absolute atomic E-state index is 13.1. The number of methoxy groups -OCH3 is 1. The van der Waals surface area contributed by atoms with Crippen molar-refractivity contribution in [1.82, 2.24) is 15.5 Å². The summed E-state index contributed by atoms with van der Waals surface area (Å²) < 4.78 is 5.42. The van der Waals surface area contributed by atoms with E-state index in [0.717, 1.165) is 11.3 Å². The van der Waals surface area contributed by atoms with Crippen molar-refractivity contribution in [3.8, 4) is 5.75 Å². The van der Waals surface area contributed by atoms with Crippen LogP contribution in [-0.4, -0.2) is 56.0 Å². The van der Waals surface area contributed by atoms with Crippen LogP contribution in [0.2, 0.25) is 10.0 Å². The van der Waals surface area contributed by atoms with Gasteiger partial charge >= 0.3 is 6.03 Å². The highest BCUT2D eigenvalue weighted by Crippen LogP contribution is 2.38. The van der Waals surface area contributed by atoms with E-state index in [1.54, 1.807) is 23.1 Å². The number of ether oxygens (including phenoxy) is 1. The average Bonchev–Trinajstić information content (AvgIpc) is 3.12. The highest BCUT2D eigenvalue weighted by atomic mass is 35.5. The largest absolute Gasteiger partial charge is 0.496 e. The number of carbonyl (C=O) groups excluding carboxylic acids is 3. The van der Waals surface area contributed by atoms with Crippen LogP contribution in [0.4, 0.5) is 10.5 Å². The van der Waals surface area contributed by atoms with Crippen LogP contribution in [-0.2, 0) is 15.1 Å². The van der Waals surface area contributed by atoms with Crippen LogP contribution < -0.4 is 20.3 Å². The Balaban J connectivity index is 1.47. The van der Waals surface area contributed by atoms with E-state index in [2.05, 4.69) is 15.5 Å². The van der Waals surface area contributed by atoms with Gasteiger partial charge in [-0.1, -0.05) is 29.3 Å². The van der Waals surface area contributed by atoms with Gasteiger partial charge in [0.2, 0.25) is 5.91 Å². The number of halogens is 2. The summed E-state index contributed by atoms with van der Waals surface area (Å²) in [5, 5.41) is 6.06. The number of nitrogens with zero attached hydrogens (tertiary/aromatic N) is 2. The average molecular weight is 505 g/mol. The summed E-state index contributed by atoms with van der Waals surface area (Å²) in [5.41, 5.74) is 1.17. The molecule has 2 aromatic rings. The Morgan fingerprint density at radius 3 is 2.38 bits per heavy atom. The lowest BCUT2D eigenvalue weighted by molar-refractivity contribution is -0.132. The van der Waals surface area contributed by atoms with Gasteiger partial charge in [0.15, 0.2) is 5.54 Å². The van der Waals surface area contributed by atoms with Gasteiger partial charge in [0.25, 0.3) is 5.91 Å². The fraction of sp³-hybridized carbons (Fsp3) is 0.375. The molecule has 0 saturated carbocycles. The van der Waals surface area contributed by atoms with Crippen molar-refractivity contribution in [3.63, 3.8) is 0 Å². The SMILES string of the molecule is COc1ccc(Cl)cc1C1(CCC(=O)N2CCN(c3cc(Cl)ccc3C)CC2)NC(=O)NC1=O. The molecule has 2 aliphatic rings. The zero-order valence-electron chi connectivity index (χ0n) is 19.0. The van der Waals surface area contributed by atoms with Crippen LogP contribution >= 0.6 is 23.2 Å². The molecule has 1 unspecified atom stereocenters. The highest BCUT2D eigenvalue weighted by Gasteiger charge is 2.49. The molecule has 8 nitrogen and oxygen atoms in total. The van der Waals surface area contributed by atoms with Gasteiger partial charge < -0.3 is 19.9 Å². The fourth-order valence-electron chi connectivity index (χ4n) is 4.58. The molecule has 1 atom stereocenters. The summed E-state index contributed by atoms with van der Waals surface area (Å²) in [6.45, 7) is 4.50. The minimum atomic E-state index is -1.44. The van der Waals surface area contributed by atoms with Crippen LogP contribution in [0.5, 0.6) is 5.75 Å². The van der Waals surface area contributed by atoms with E-state index in [1.165, 1.54) is 7.11 Å². The third-order valence-corrected chi connectivity index (χ3v) is 6.89. The summed E-state index contributed by atoms with van der Waals surface area (Å²) in [7, 11) is 1.47. The Morgan fingerprint density at radius 1 is 1.06 bits per heavy atom. The lowest BCUT2D eigenvalue weighted by Crippen LogP contribution is -2.50. The van der Waals surface area contributed by atoms with Crippen LogP contribution in [0.15, 0.2) is 36.4 Å². The molecule has 2 saturated heterocycles. The first-order valence-electron chi connectivity index (χ1n) is 11.0. The van der Waals surface area contributed by atoms with Gasteiger partial charge in [0.05, 0.1) is 7.11 Å². The maximum Gasteiger partial charge on any atom is 0.322 e. The van der Waals surface area contributed by atoms with Gasteiger partial charge in [-0.15, -0.1) is 0 Å². The molecule has 0 aromatic heterocycles. The molecule has 2 N–H and O–H groups in total. The van der Waals surface area contributed by atoms with Crippen molar-refractivity contribution < 1.29 is 19.1 Å². The number of piperazine rings is 1. The van der Waals surface area contributed by atoms with E-state index in [-0.39, 0.29) is 18.7 Å². The second-order valence-corrected chi connectivity index (χ2v) is 9.33. The van der Waals surface area contributed by atoms with E-state index in [4.69, 9.17) is 27.9 Å². The molecular formula is C24H26Cl2N4O4. The van der Waals surface area contributed by atoms with Crippen LogP contribution in [0.3, 0.4) is 0 Å². The Hall–Kier alpha value is -2.97. The first-order chi connectivity index (χ1) is 16.2. The summed E-state index contributed by atoms with van der Waals surface area (Å²) in [5.74, 6) is -0.219. The summed E-state index contributed by atoms with van der Waals surface area (Å²) in [6, 6.07) is 10.0. The highest BCUT2D eigenvalue weighted by molar-refractivity contribution is 6.31. The topological polar surface area (TPSA) is 91.0 Å². The van der Waals surface area contributed by atoms with Crippen molar-refractivity contribution >= 4 is 46.7 Å². The Bertz CT molecular complexity index is 1130. The van der Waals surface area contributed by atoms with Gasteiger partial charge in [-0.2, -0.15) is 0 Å². The number of hydrogen-bond donors (Lipinski definition) is 2. The van der Waals surface area contributed by atoms with Gasteiger partial charge in [0, 0.05) is 53.9 Å². The maximum atomic E-state index is 13.1. The molecule has 4 rings (SSSR count). The Labute approximate surface area is 208 Å². The first-order valence-corrected chi connectivity index (χ1v) is 11.8.